The summed E-state index contributed by atoms with van der Waals surface area (Å²) >= 11 is 0. The van der Waals surface area contributed by atoms with Crippen molar-refractivity contribution in [3.8, 4) is 5.75 Å². The Bertz CT molecular complexity index is 5100. The van der Waals surface area contributed by atoms with E-state index >= 15 is 0 Å². The number of esters is 2. The van der Waals surface area contributed by atoms with Crippen LogP contribution in [0.2, 0.25) is 0 Å². The van der Waals surface area contributed by atoms with E-state index < -0.39 is 98.9 Å². The fourth-order valence-corrected chi connectivity index (χ4v) is 18.1. The molecule has 145 heavy (non-hydrogen) atoms. The van der Waals surface area contributed by atoms with E-state index in [1.807, 2.05) is 197 Å². The molecule has 6 aromatic carbocycles. The van der Waals surface area contributed by atoms with Crippen molar-refractivity contribution in [3.05, 3.63) is 250 Å². The quantitative estimate of drug-likeness (QED) is 0.00754. The number of amides is 6. The van der Waals surface area contributed by atoms with Crippen LogP contribution in [0, 0.1) is 111 Å². The number of carbonyl (C=O) groups is 10. The van der Waals surface area contributed by atoms with Crippen LogP contribution >= 0.6 is 12.4 Å². The van der Waals surface area contributed by atoms with Crippen molar-refractivity contribution in [3.63, 3.8) is 0 Å². The van der Waals surface area contributed by atoms with E-state index in [-0.39, 0.29) is 140 Å². The molecule has 38 heteroatoms. The molecule has 9 N–H and O–H groups in total. The van der Waals surface area contributed by atoms with Gasteiger partial charge in [0.15, 0.2) is 0 Å². The zero-order valence-corrected chi connectivity index (χ0v) is 84.3. The van der Waals surface area contributed by atoms with Gasteiger partial charge < -0.3 is 76.1 Å². The van der Waals surface area contributed by atoms with Gasteiger partial charge in [0, 0.05) is 38.3 Å². The Hall–Kier alpha value is -12.8. The van der Waals surface area contributed by atoms with Gasteiger partial charge >= 0.3 is 30.3 Å². The Balaban J connectivity index is 0.000000228. The van der Waals surface area contributed by atoms with E-state index in [1.54, 1.807) is 53.6 Å². The second-order valence-electron chi connectivity index (χ2n) is 41.4. The van der Waals surface area contributed by atoms with Crippen molar-refractivity contribution in [2.75, 3.05) is 34.4 Å². The van der Waals surface area contributed by atoms with Crippen LogP contribution in [0.3, 0.4) is 0 Å². The number of ether oxygens (including phenoxy) is 7. The maximum Gasteiger partial charge on any atom is 0.519 e. The minimum Gasteiger partial charge on any atom is -0.497 e. The molecule has 17 rings (SSSR count). The minimum atomic E-state index is -1.06. The van der Waals surface area contributed by atoms with Gasteiger partial charge in [0.05, 0.1) is 63.3 Å². The number of nitro groups is 4. The van der Waals surface area contributed by atoms with Gasteiger partial charge in [-0.1, -0.05) is 256 Å². The molecule has 794 valence electrons. The molecule has 1 unspecified atom stereocenters. The average molecular weight is 2040 g/mol. The molecule has 6 amide bonds. The fraction of sp³-hybridized carbons (Fsp3) is 0.570. The van der Waals surface area contributed by atoms with Crippen molar-refractivity contribution in [1.29, 1.82) is 0 Å². The Morgan fingerprint density at radius 3 is 1.13 bits per heavy atom. The highest BCUT2D eigenvalue weighted by Crippen LogP contribution is 2.49. The number of nitrogens with one attached hydrogen (secondary N) is 5. The molecule has 11 fully saturated rings. The summed E-state index contributed by atoms with van der Waals surface area (Å²) in [5.41, 5.74) is 16.3. The predicted octanol–water partition coefficient (Wildman–Crippen LogP) is 17.4. The van der Waals surface area contributed by atoms with Crippen LogP contribution in [0.4, 0.5) is 14.4 Å². The molecule has 11 aliphatic rings. The summed E-state index contributed by atoms with van der Waals surface area (Å²) in [6.07, 6.45) is 15.9. The van der Waals surface area contributed by atoms with Gasteiger partial charge in [-0.05, 0) is 182 Å². The van der Waals surface area contributed by atoms with E-state index in [2.05, 4.69) is 40.8 Å². The number of nitrogens with two attached hydrogens (primary N) is 2. The van der Waals surface area contributed by atoms with Gasteiger partial charge in [-0.3, -0.25) is 74.0 Å². The highest BCUT2D eigenvalue weighted by atomic mass is 35.5. The lowest BCUT2D eigenvalue weighted by atomic mass is 9.90. The van der Waals surface area contributed by atoms with Crippen molar-refractivity contribution in [2.24, 2.45) is 82.5 Å². The number of benzene rings is 6. The number of hydrogen-bond donors (Lipinski definition) is 7. The summed E-state index contributed by atoms with van der Waals surface area (Å²) in [6, 6.07) is 52.5. The number of likely N-dealkylation sites (tertiary alicyclic amines) is 1. The van der Waals surface area contributed by atoms with E-state index in [4.69, 9.17) is 30.4 Å². The number of methoxy groups -OCH3 is 3. The molecule has 37 nitrogen and oxygen atoms in total. The van der Waals surface area contributed by atoms with Gasteiger partial charge in [-0.2, -0.15) is 0 Å². The molecule has 0 aromatic heterocycles. The minimum absolute atomic E-state index is 0. The molecular weight excluding hydrogens is 1890 g/mol. The monoisotopic (exact) mass is 2040 g/mol. The first-order chi connectivity index (χ1) is 67.4. The largest absolute Gasteiger partial charge is 0.519 e. The Morgan fingerprint density at radius 2 is 0.772 bits per heavy atom. The van der Waals surface area contributed by atoms with Crippen LogP contribution in [-0.4, -0.2) is 166 Å². The number of rotatable bonds is 29. The lowest BCUT2D eigenvalue weighted by Crippen LogP contribution is -2.44. The van der Waals surface area contributed by atoms with Crippen LogP contribution in [0.5, 0.6) is 5.75 Å². The zero-order chi connectivity index (χ0) is 103. The Labute approximate surface area is 855 Å². The molecule has 6 aromatic rings. The molecule has 16 atom stereocenters. The first-order valence-electron chi connectivity index (χ1n) is 49.1. The van der Waals surface area contributed by atoms with Crippen molar-refractivity contribution in [2.45, 2.75) is 283 Å². The average Bonchev–Trinajstić information content (AvgIpc) is 1.60. The Morgan fingerprint density at radius 1 is 0.428 bits per heavy atom. The first kappa shape index (κ1) is 119. The summed E-state index contributed by atoms with van der Waals surface area (Å²) in [4.78, 5) is 161. The zero-order valence-electron chi connectivity index (χ0n) is 83.5. The van der Waals surface area contributed by atoms with Crippen molar-refractivity contribution in [1.82, 2.24) is 31.5 Å². The van der Waals surface area contributed by atoms with E-state index in [0.29, 0.717) is 49.5 Å². The highest BCUT2D eigenvalue weighted by molar-refractivity contribution is 5.87. The fourth-order valence-electron chi connectivity index (χ4n) is 18.1. The summed E-state index contributed by atoms with van der Waals surface area (Å²) in [7, 11) is 4.07. The molecule has 6 saturated carbocycles. The number of alkyl carbamates (subject to hydrolysis) is 1. The lowest BCUT2D eigenvalue weighted by molar-refractivity contribution is -0.533. The van der Waals surface area contributed by atoms with Gasteiger partial charge in [-0.15, -0.1) is 12.4 Å². The first-order valence-corrected chi connectivity index (χ1v) is 49.1. The lowest BCUT2D eigenvalue weighted by Gasteiger charge is -2.27. The van der Waals surface area contributed by atoms with E-state index in [9.17, 15) is 88.4 Å². The van der Waals surface area contributed by atoms with Gasteiger partial charge in [0.2, 0.25) is 54.7 Å². The number of carbonyl (C=O) groups excluding carboxylic acids is 10. The molecule has 0 radical (unpaired) electrons. The van der Waals surface area contributed by atoms with Crippen LogP contribution in [0.25, 0.3) is 0 Å². The summed E-state index contributed by atoms with van der Waals surface area (Å²) < 4.78 is 33.1. The van der Waals surface area contributed by atoms with Crippen LogP contribution in [0.15, 0.2) is 176 Å². The van der Waals surface area contributed by atoms with Gasteiger partial charge in [-0.25, -0.2) is 14.4 Å². The van der Waals surface area contributed by atoms with Crippen molar-refractivity contribution < 1.29 is 101 Å². The standard InChI is InChI=1S/C22H24N2O4.C19H26N2O3.C14H16N2O3.2C14H18N2O.C10H18O5.C8H13NO4.C4H7NO4.2CH4.ClH/c1-28-18-11-9-16(10-12-18)14-23-20(17-5-3-2-4-6-17)21(24(26)27)19(22(23)25)13-15-7-8-15;1-19(2,3)24-18(23)21-16-14(11-12-9-10-12)17(22)20-15(16)13-7-5-4-6-8-13;17-14-11(8-9-6-7-9)13(16(18)19)12(15-14)10-4-2-1-3-5-10;2*15-12-11(8-9-6-7-9)14(17)16-13(12)10-4-2-1-3-5-10;1-9(2,3)14-7(11)13-8(12)15-10(4,5)6;1-13-8(10)7(5-9(11)12)4-6-2-3-6;1-9-4(6)2-3-5(7)8;;;/h2-6,9-12,15,19-21H,7-8,13-14H2,1H3;4-8,12,14-16H,9-11H2,1-3H3,(H,20,22)(H,21,23);1-5,9,11-13H,6-8H2,(H,15,17);2*1-5,9,11-13H,6-8,15H2,(H,16,17);1-6H3;6-7H,2-5H2,1H3;2-3H2,1H3;2*1H4;1H/t19-,20+,21-;14-,15+,16-;11-,12+,13-;2*11-,12-,13+;;;;;;/m00000....../s1. The summed E-state index contributed by atoms with van der Waals surface area (Å²) in [6.45, 7) is 15.2. The normalized spacial score (nSPS) is 24.1. The SMILES string of the molecule is C.C.CC(C)(C)OC(=O)N[C@H]1[C@H](CC2CC2)C(=O)N[C@@H]1c1ccccc1.CC(C)(C)OC(=O)OC(=O)OC(C)(C)C.COC(=O)C(CC1CC1)C[N+](=O)[O-].COC(=O)CC[N+](=O)[O-].COc1ccc(CN2C(=O)[C@@H](CC3CC3)[C@H]([N+](=O)[O-])[C@H]2c2ccccc2)cc1.Cl.N[C@H]1[C@H](CC2CC2)C(=O)N[C@@H]1c1ccccc1.N[C@H]1[C@H](CC2CC2)C(=O)N[C@@H]1c1ccccc1.O=C1N[C@H](c2ccccc2)[C@@H]([N+](=O)[O-])[C@@H]1CC1CC1. The van der Waals surface area contributed by atoms with Crippen LogP contribution < -0.4 is 42.8 Å². The third-order valence-corrected chi connectivity index (χ3v) is 26.2. The molecule has 0 bridgehead atoms. The predicted molar refractivity (Wildman–Crippen MR) is 544 cm³/mol. The van der Waals surface area contributed by atoms with Crippen molar-refractivity contribution >= 4 is 72.3 Å². The molecular formula is C107H149ClN12O25. The molecule has 5 heterocycles. The van der Waals surface area contributed by atoms with Crippen LogP contribution in [0.1, 0.15) is 263 Å². The Kier molecular flexibility index (Phi) is 45.6. The number of halogens is 1. The summed E-state index contributed by atoms with van der Waals surface area (Å²) in [5, 5.41) is 58.1. The molecule has 0 spiro atoms. The topological polar surface area (TPSA) is 523 Å². The molecule has 5 saturated heterocycles. The van der Waals surface area contributed by atoms with Gasteiger partial charge in [0.1, 0.15) is 58.8 Å². The van der Waals surface area contributed by atoms with E-state index in [0.717, 1.165) is 109 Å². The summed E-state index contributed by atoms with van der Waals surface area (Å²) in [5.74, 6) is 1.57. The number of hydrogen-bond acceptors (Lipinski definition) is 27. The molecule has 5 aliphatic heterocycles. The number of nitrogens with zero attached hydrogens (tertiary/aromatic N) is 5. The molecule has 6 aliphatic carbocycles. The maximum absolute atomic E-state index is 13.3. The third kappa shape index (κ3) is 38.9. The smallest absolute Gasteiger partial charge is 0.497 e. The second kappa shape index (κ2) is 55.5. The highest BCUT2D eigenvalue weighted by Gasteiger charge is 2.58. The van der Waals surface area contributed by atoms with Crippen LogP contribution in [-0.2, 0) is 68.5 Å². The maximum atomic E-state index is 13.3. The second-order valence-corrected chi connectivity index (χ2v) is 41.4. The van der Waals surface area contributed by atoms with Gasteiger partial charge in [0.25, 0.3) is 0 Å². The van der Waals surface area contributed by atoms with E-state index in [1.165, 1.54) is 52.7 Å². The third-order valence-electron chi connectivity index (χ3n) is 26.2.